The van der Waals surface area contributed by atoms with E-state index >= 15 is 0 Å². The molecule has 21 heavy (non-hydrogen) atoms. The summed E-state index contributed by atoms with van der Waals surface area (Å²) in [6, 6.07) is 9.64. The second-order valence-electron chi connectivity index (χ2n) is 5.37. The van der Waals surface area contributed by atoms with Gasteiger partial charge in [-0.1, -0.05) is 19.9 Å². The molecule has 0 bridgehead atoms. The first kappa shape index (κ1) is 15.0. The maximum absolute atomic E-state index is 11.6. The van der Waals surface area contributed by atoms with Crippen molar-refractivity contribution < 1.29 is 4.79 Å². The van der Waals surface area contributed by atoms with E-state index in [-0.39, 0.29) is 11.8 Å². The number of anilines is 3. The van der Waals surface area contributed by atoms with Crippen LogP contribution < -0.4 is 10.6 Å². The van der Waals surface area contributed by atoms with E-state index in [1.807, 2.05) is 19.9 Å². The summed E-state index contributed by atoms with van der Waals surface area (Å²) in [5.74, 6) is 0.944. The van der Waals surface area contributed by atoms with E-state index in [9.17, 15) is 4.79 Å². The minimum Gasteiger partial charge on any atom is -0.339 e. The SMILES string of the molecule is Cc1ccc(Nc2ccc(NC(=O)C(C)C)nn2)cc1C. The van der Waals surface area contributed by atoms with Crippen LogP contribution in [0, 0.1) is 19.8 Å². The van der Waals surface area contributed by atoms with E-state index in [1.54, 1.807) is 12.1 Å². The number of hydrogen-bond acceptors (Lipinski definition) is 4. The molecule has 0 fully saturated rings. The number of aryl methyl sites for hydroxylation is 2. The highest BCUT2D eigenvalue weighted by Crippen LogP contribution is 2.18. The highest BCUT2D eigenvalue weighted by molar-refractivity contribution is 5.91. The molecule has 0 aliphatic rings. The zero-order valence-electron chi connectivity index (χ0n) is 12.8. The van der Waals surface area contributed by atoms with E-state index in [0.29, 0.717) is 11.6 Å². The Labute approximate surface area is 124 Å². The summed E-state index contributed by atoms with van der Waals surface area (Å²) in [6.07, 6.45) is 0. The molecule has 0 saturated carbocycles. The van der Waals surface area contributed by atoms with Crippen molar-refractivity contribution in [2.75, 3.05) is 10.6 Å². The third-order valence-electron chi connectivity index (χ3n) is 3.22. The molecule has 0 aliphatic carbocycles. The zero-order valence-corrected chi connectivity index (χ0v) is 12.8. The first-order chi connectivity index (χ1) is 9.95. The summed E-state index contributed by atoms with van der Waals surface area (Å²) in [4.78, 5) is 11.6. The lowest BCUT2D eigenvalue weighted by atomic mass is 10.1. The van der Waals surface area contributed by atoms with Crippen molar-refractivity contribution in [1.82, 2.24) is 10.2 Å². The first-order valence-electron chi connectivity index (χ1n) is 6.94. The minimum absolute atomic E-state index is 0.0702. The Morgan fingerprint density at radius 1 is 1.00 bits per heavy atom. The van der Waals surface area contributed by atoms with Crippen LogP contribution in [0.4, 0.5) is 17.3 Å². The lowest BCUT2D eigenvalue weighted by Gasteiger charge is -2.09. The molecule has 0 radical (unpaired) electrons. The second-order valence-corrected chi connectivity index (χ2v) is 5.37. The standard InChI is InChI=1S/C16H20N4O/c1-10(2)16(21)18-15-8-7-14(19-20-15)17-13-6-5-11(3)12(4)9-13/h5-10H,1-4H3,(H,17,19)(H,18,20,21). The third-order valence-corrected chi connectivity index (χ3v) is 3.22. The predicted octanol–water partition coefficient (Wildman–Crippen LogP) is 3.43. The maximum Gasteiger partial charge on any atom is 0.228 e. The summed E-state index contributed by atoms with van der Waals surface area (Å²) >= 11 is 0. The van der Waals surface area contributed by atoms with Crippen LogP contribution in [-0.2, 0) is 4.79 Å². The summed E-state index contributed by atoms with van der Waals surface area (Å²) in [6.45, 7) is 7.80. The molecule has 2 aromatic rings. The van der Waals surface area contributed by atoms with E-state index < -0.39 is 0 Å². The summed E-state index contributed by atoms with van der Waals surface area (Å²) in [7, 11) is 0. The summed E-state index contributed by atoms with van der Waals surface area (Å²) < 4.78 is 0. The maximum atomic E-state index is 11.6. The highest BCUT2D eigenvalue weighted by atomic mass is 16.1. The molecule has 1 aromatic carbocycles. The van der Waals surface area contributed by atoms with Gasteiger partial charge in [0.05, 0.1) is 0 Å². The van der Waals surface area contributed by atoms with Gasteiger partial charge < -0.3 is 10.6 Å². The Bertz CT molecular complexity index is 635. The fourth-order valence-electron chi connectivity index (χ4n) is 1.70. The Balaban J connectivity index is 2.05. The monoisotopic (exact) mass is 284 g/mol. The molecule has 1 amide bonds. The van der Waals surface area contributed by atoms with E-state index in [1.165, 1.54) is 11.1 Å². The lowest BCUT2D eigenvalue weighted by molar-refractivity contribution is -0.118. The number of aromatic nitrogens is 2. The van der Waals surface area contributed by atoms with Gasteiger partial charge in [0.1, 0.15) is 0 Å². The van der Waals surface area contributed by atoms with Crippen LogP contribution in [0.2, 0.25) is 0 Å². The summed E-state index contributed by atoms with van der Waals surface area (Å²) in [5.41, 5.74) is 3.43. The van der Waals surface area contributed by atoms with Gasteiger partial charge in [-0.2, -0.15) is 0 Å². The normalized spacial score (nSPS) is 10.5. The van der Waals surface area contributed by atoms with Crippen LogP contribution in [0.15, 0.2) is 30.3 Å². The van der Waals surface area contributed by atoms with Crippen LogP contribution in [-0.4, -0.2) is 16.1 Å². The van der Waals surface area contributed by atoms with Gasteiger partial charge in [-0.05, 0) is 49.2 Å². The number of benzene rings is 1. The quantitative estimate of drug-likeness (QED) is 0.902. The van der Waals surface area contributed by atoms with E-state index in [0.717, 1.165) is 5.69 Å². The molecule has 110 valence electrons. The molecule has 0 saturated heterocycles. The molecular formula is C16H20N4O. The minimum atomic E-state index is -0.0832. The molecule has 0 unspecified atom stereocenters. The number of nitrogens with one attached hydrogen (secondary N) is 2. The van der Waals surface area contributed by atoms with Crippen molar-refractivity contribution >= 4 is 23.2 Å². The molecule has 0 atom stereocenters. The van der Waals surface area contributed by atoms with Crippen molar-refractivity contribution in [3.8, 4) is 0 Å². The fourth-order valence-corrected chi connectivity index (χ4v) is 1.70. The average molecular weight is 284 g/mol. The lowest BCUT2D eigenvalue weighted by Crippen LogP contribution is -2.18. The molecule has 0 spiro atoms. The van der Waals surface area contributed by atoms with Crippen LogP contribution in [0.25, 0.3) is 0 Å². The smallest absolute Gasteiger partial charge is 0.228 e. The average Bonchev–Trinajstić information content (AvgIpc) is 2.45. The molecule has 0 aliphatic heterocycles. The molecule has 2 N–H and O–H groups in total. The molecule has 2 rings (SSSR count). The highest BCUT2D eigenvalue weighted by Gasteiger charge is 2.08. The van der Waals surface area contributed by atoms with Crippen molar-refractivity contribution in [1.29, 1.82) is 0 Å². The third kappa shape index (κ3) is 4.02. The Morgan fingerprint density at radius 2 is 1.67 bits per heavy atom. The fraction of sp³-hybridized carbons (Fsp3) is 0.312. The van der Waals surface area contributed by atoms with Gasteiger partial charge in [0, 0.05) is 11.6 Å². The molecule has 1 heterocycles. The van der Waals surface area contributed by atoms with Gasteiger partial charge in [0.15, 0.2) is 11.6 Å². The molecule has 5 heteroatoms. The second kappa shape index (κ2) is 6.35. The van der Waals surface area contributed by atoms with Crippen LogP contribution in [0.5, 0.6) is 0 Å². The number of hydrogen-bond donors (Lipinski definition) is 2. The summed E-state index contributed by atoms with van der Waals surface area (Å²) in [5, 5.41) is 14.0. The van der Waals surface area contributed by atoms with E-state index in [4.69, 9.17) is 0 Å². The van der Waals surface area contributed by atoms with Crippen molar-refractivity contribution in [2.24, 2.45) is 5.92 Å². The molecule has 1 aromatic heterocycles. The van der Waals surface area contributed by atoms with Gasteiger partial charge in [-0.3, -0.25) is 4.79 Å². The zero-order chi connectivity index (χ0) is 15.4. The molecule has 5 nitrogen and oxygen atoms in total. The van der Waals surface area contributed by atoms with Gasteiger partial charge in [-0.25, -0.2) is 0 Å². The van der Waals surface area contributed by atoms with Crippen LogP contribution in [0.1, 0.15) is 25.0 Å². The topological polar surface area (TPSA) is 66.9 Å². The Hall–Kier alpha value is -2.43. The van der Waals surface area contributed by atoms with Crippen LogP contribution >= 0.6 is 0 Å². The number of carbonyl (C=O) groups excluding carboxylic acids is 1. The van der Waals surface area contributed by atoms with Gasteiger partial charge >= 0.3 is 0 Å². The van der Waals surface area contributed by atoms with E-state index in [2.05, 4.69) is 46.8 Å². The van der Waals surface area contributed by atoms with Crippen molar-refractivity contribution in [3.05, 3.63) is 41.5 Å². The van der Waals surface area contributed by atoms with Gasteiger partial charge in [0.2, 0.25) is 5.91 Å². The number of amides is 1. The first-order valence-corrected chi connectivity index (χ1v) is 6.94. The Morgan fingerprint density at radius 3 is 2.24 bits per heavy atom. The number of carbonyl (C=O) groups is 1. The van der Waals surface area contributed by atoms with Gasteiger partial charge in [-0.15, -0.1) is 10.2 Å². The largest absolute Gasteiger partial charge is 0.339 e. The van der Waals surface area contributed by atoms with Gasteiger partial charge in [0.25, 0.3) is 0 Å². The number of rotatable bonds is 4. The van der Waals surface area contributed by atoms with Crippen molar-refractivity contribution in [2.45, 2.75) is 27.7 Å². The predicted molar refractivity (Wildman–Crippen MR) is 84.7 cm³/mol. The number of nitrogens with zero attached hydrogens (tertiary/aromatic N) is 2. The van der Waals surface area contributed by atoms with Crippen molar-refractivity contribution in [3.63, 3.8) is 0 Å². The van der Waals surface area contributed by atoms with Crippen LogP contribution in [0.3, 0.4) is 0 Å². The Kier molecular flexibility index (Phi) is 4.52. The molecular weight excluding hydrogens is 264 g/mol.